The summed E-state index contributed by atoms with van der Waals surface area (Å²) in [6.45, 7) is 3.85. The Morgan fingerprint density at radius 1 is 1.11 bits per heavy atom. The fraction of sp³-hybridized carbons (Fsp3) is 0.500. The van der Waals surface area contributed by atoms with Crippen molar-refractivity contribution in [2.45, 2.75) is 19.9 Å². The second-order valence-corrected chi connectivity index (χ2v) is 4.31. The van der Waals surface area contributed by atoms with Gasteiger partial charge in [0.25, 0.3) is 5.56 Å². The normalized spacial score (nSPS) is 11.2. The van der Waals surface area contributed by atoms with E-state index in [4.69, 9.17) is 0 Å². The van der Waals surface area contributed by atoms with Gasteiger partial charge in [-0.15, -0.1) is 10.2 Å². The number of nitrogens with one attached hydrogen (secondary N) is 1. The van der Waals surface area contributed by atoms with Crippen LogP contribution in [0.3, 0.4) is 0 Å². The molecule has 0 fully saturated rings. The van der Waals surface area contributed by atoms with Gasteiger partial charge in [-0.05, 0) is 13.8 Å². The predicted molar refractivity (Wildman–Crippen MR) is 66.6 cm³/mol. The Balaban J connectivity index is 2.78. The van der Waals surface area contributed by atoms with Crippen molar-refractivity contribution >= 4 is 17.1 Å². The van der Waals surface area contributed by atoms with Gasteiger partial charge in [0.05, 0.1) is 0 Å². The van der Waals surface area contributed by atoms with Gasteiger partial charge in [0, 0.05) is 20.1 Å². The number of aryl methyl sites for hydroxylation is 1. The number of nitrogens with zero attached hydrogens (tertiary/aromatic N) is 5. The van der Waals surface area contributed by atoms with E-state index in [1.54, 1.807) is 0 Å². The summed E-state index contributed by atoms with van der Waals surface area (Å²) in [7, 11) is 2.93. The van der Waals surface area contributed by atoms with Crippen LogP contribution in [0.4, 0.5) is 5.95 Å². The lowest BCUT2D eigenvalue weighted by atomic mass is 10.4. The van der Waals surface area contributed by atoms with E-state index in [2.05, 4.69) is 20.5 Å². The molecule has 0 saturated heterocycles. The average Bonchev–Trinajstić information content (AvgIpc) is 2.33. The third-order valence-corrected chi connectivity index (χ3v) is 2.48. The van der Waals surface area contributed by atoms with E-state index in [1.165, 1.54) is 18.7 Å². The number of hydrogen-bond donors (Lipinski definition) is 1. The topological polar surface area (TPSA) is 94.7 Å². The molecule has 0 aliphatic carbocycles. The molecule has 0 amide bonds. The second-order valence-electron chi connectivity index (χ2n) is 4.31. The van der Waals surface area contributed by atoms with E-state index < -0.39 is 11.2 Å². The van der Waals surface area contributed by atoms with Gasteiger partial charge in [-0.25, -0.2) is 4.79 Å². The Morgan fingerprint density at radius 2 is 1.78 bits per heavy atom. The van der Waals surface area contributed by atoms with Crippen molar-refractivity contribution in [1.82, 2.24) is 24.3 Å². The number of hydrogen-bond acceptors (Lipinski definition) is 6. The van der Waals surface area contributed by atoms with E-state index in [-0.39, 0.29) is 17.2 Å². The summed E-state index contributed by atoms with van der Waals surface area (Å²) < 4.78 is 2.26. The van der Waals surface area contributed by atoms with Crippen LogP contribution in [0.1, 0.15) is 13.8 Å². The molecule has 0 aliphatic rings. The maximum absolute atomic E-state index is 11.8. The van der Waals surface area contributed by atoms with Gasteiger partial charge in [0.1, 0.15) is 0 Å². The monoisotopic (exact) mass is 250 g/mol. The smallest absolute Gasteiger partial charge is 0.332 e. The summed E-state index contributed by atoms with van der Waals surface area (Å²) in [6.07, 6.45) is 0. The van der Waals surface area contributed by atoms with Crippen LogP contribution in [0.15, 0.2) is 9.59 Å². The van der Waals surface area contributed by atoms with Gasteiger partial charge in [-0.2, -0.15) is 4.98 Å². The fourth-order valence-corrected chi connectivity index (χ4v) is 1.57. The van der Waals surface area contributed by atoms with Crippen LogP contribution in [-0.4, -0.2) is 30.4 Å². The minimum Gasteiger partial charge on any atom is -0.351 e. The molecule has 8 nitrogen and oxygen atoms in total. The zero-order chi connectivity index (χ0) is 13.4. The van der Waals surface area contributed by atoms with Crippen LogP contribution in [0.25, 0.3) is 11.2 Å². The molecule has 2 rings (SSSR count). The molecule has 0 unspecified atom stereocenters. The highest BCUT2D eigenvalue weighted by Crippen LogP contribution is 2.04. The summed E-state index contributed by atoms with van der Waals surface area (Å²) in [4.78, 5) is 27.7. The van der Waals surface area contributed by atoms with Crippen molar-refractivity contribution in [3.63, 3.8) is 0 Å². The second kappa shape index (κ2) is 4.21. The molecule has 2 aromatic heterocycles. The molecule has 0 bridgehead atoms. The Bertz CT molecular complexity index is 715. The maximum atomic E-state index is 11.8. The molecule has 0 aromatic carbocycles. The van der Waals surface area contributed by atoms with Crippen LogP contribution in [0.5, 0.6) is 0 Å². The number of anilines is 1. The molecule has 18 heavy (non-hydrogen) atoms. The van der Waals surface area contributed by atoms with Crippen LogP contribution < -0.4 is 16.6 Å². The average molecular weight is 250 g/mol. The SMILES string of the molecule is CC(C)Nc1nnc2c(=O)n(C)c(=O)n(C)c2n1. The lowest BCUT2D eigenvalue weighted by Gasteiger charge is -2.09. The lowest BCUT2D eigenvalue weighted by molar-refractivity contribution is 0.699. The van der Waals surface area contributed by atoms with Gasteiger partial charge < -0.3 is 5.32 Å². The highest BCUT2D eigenvalue weighted by Gasteiger charge is 2.12. The highest BCUT2D eigenvalue weighted by atomic mass is 16.2. The number of rotatable bonds is 2. The summed E-state index contributed by atoms with van der Waals surface area (Å²) in [5.74, 6) is 0.292. The fourth-order valence-electron chi connectivity index (χ4n) is 1.57. The van der Waals surface area contributed by atoms with E-state index in [1.807, 2.05) is 13.8 Å². The van der Waals surface area contributed by atoms with Crippen molar-refractivity contribution in [3.05, 3.63) is 20.8 Å². The molecule has 8 heteroatoms. The Kier molecular flexibility index (Phi) is 2.85. The molecule has 0 aliphatic heterocycles. The van der Waals surface area contributed by atoms with Crippen LogP contribution in [0, 0.1) is 0 Å². The standard InChI is InChI=1S/C10H14N6O2/c1-5(2)11-9-12-7-6(13-14-9)8(17)16(4)10(18)15(7)3/h5H,1-4H3,(H,11,12,14). The first kappa shape index (κ1) is 12.2. The highest BCUT2D eigenvalue weighted by molar-refractivity contribution is 5.68. The van der Waals surface area contributed by atoms with E-state index >= 15 is 0 Å². The Hall–Kier alpha value is -2.25. The van der Waals surface area contributed by atoms with Crippen LogP contribution in [0.2, 0.25) is 0 Å². The number of fused-ring (bicyclic) bond motifs is 1. The molecule has 1 N–H and O–H groups in total. The third-order valence-electron chi connectivity index (χ3n) is 2.48. The molecule has 2 aromatic rings. The molecule has 0 saturated carbocycles. The van der Waals surface area contributed by atoms with Crippen LogP contribution in [-0.2, 0) is 14.1 Å². The summed E-state index contributed by atoms with van der Waals surface area (Å²) in [5.41, 5.74) is -0.636. The van der Waals surface area contributed by atoms with Gasteiger partial charge >= 0.3 is 5.69 Å². The first-order valence-electron chi connectivity index (χ1n) is 5.48. The van der Waals surface area contributed by atoms with Crippen molar-refractivity contribution in [2.24, 2.45) is 14.1 Å². The van der Waals surface area contributed by atoms with E-state index in [0.29, 0.717) is 5.95 Å². The Morgan fingerprint density at radius 3 is 2.39 bits per heavy atom. The van der Waals surface area contributed by atoms with Crippen molar-refractivity contribution in [3.8, 4) is 0 Å². The van der Waals surface area contributed by atoms with E-state index in [0.717, 1.165) is 4.57 Å². The maximum Gasteiger partial charge on any atom is 0.332 e. The van der Waals surface area contributed by atoms with Gasteiger partial charge in [-0.1, -0.05) is 0 Å². The van der Waals surface area contributed by atoms with Crippen LogP contribution >= 0.6 is 0 Å². The quantitative estimate of drug-likeness (QED) is 0.753. The first-order valence-corrected chi connectivity index (χ1v) is 5.48. The largest absolute Gasteiger partial charge is 0.351 e. The third kappa shape index (κ3) is 1.85. The molecule has 96 valence electrons. The minimum absolute atomic E-state index is 0.0777. The number of aromatic nitrogens is 5. The lowest BCUT2D eigenvalue weighted by Crippen LogP contribution is -2.38. The predicted octanol–water partition coefficient (Wildman–Crippen LogP) is -0.758. The van der Waals surface area contributed by atoms with Gasteiger partial charge in [0.2, 0.25) is 5.95 Å². The zero-order valence-corrected chi connectivity index (χ0v) is 10.6. The molecule has 0 radical (unpaired) electrons. The molecule has 2 heterocycles. The molecular formula is C10H14N6O2. The summed E-state index contributed by atoms with van der Waals surface area (Å²) in [6, 6.07) is 0.132. The summed E-state index contributed by atoms with van der Waals surface area (Å²) in [5, 5.41) is 10.6. The zero-order valence-electron chi connectivity index (χ0n) is 10.6. The summed E-state index contributed by atoms with van der Waals surface area (Å²) >= 11 is 0. The van der Waals surface area contributed by atoms with Crippen molar-refractivity contribution < 1.29 is 0 Å². The first-order chi connectivity index (χ1) is 8.41. The van der Waals surface area contributed by atoms with Crippen molar-refractivity contribution in [1.29, 1.82) is 0 Å². The minimum atomic E-state index is -0.496. The molecular weight excluding hydrogens is 236 g/mol. The Labute approximate surface area is 102 Å². The van der Waals surface area contributed by atoms with Crippen molar-refractivity contribution in [2.75, 3.05) is 5.32 Å². The van der Waals surface area contributed by atoms with E-state index in [9.17, 15) is 9.59 Å². The van der Waals surface area contributed by atoms with Gasteiger partial charge in [0.15, 0.2) is 11.2 Å². The molecule has 0 spiro atoms. The van der Waals surface area contributed by atoms with Gasteiger partial charge in [-0.3, -0.25) is 13.9 Å². The molecule has 0 atom stereocenters.